The molecule has 0 bridgehead atoms. The standard InChI is InChI=1S/C52H34N4/c1-5-15-35(16-6-1)45-33-47(36-17-7-2-8-18-36)54-51-44(45)29-27-39-28-30-46(53-50(39)51)42-25-13-23-40(31-42)41-24-14-26-43(32-41)52-55-48(37-19-9-3-10-20-37)34-49(56-52)38-21-11-4-12-22-38/h1-34H. The Balaban J connectivity index is 1.07. The van der Waals surface area contributed by atoms with Gasteiger partial charge in [0.1, 0.15) is 0 Å². The minimum absolute atomic E-state index is 0.684. The first-order chi connectivity index (χ1) is 27.7. The van der Waals surface area contributed by atoms with E-state index >= 15 is 0 Å². The molecule has 0 N–H and O–H groups in total. The van der Waals surface area contributed by atoms with Gasteiger partial charge in [-0.25, -0.2) is 19.9 Å². The summed E-state index contributed by atoms with van der Waals surface area (Å²) in [6.45, 7) is 0. The van der Waals surface area contributed by atoms with Gasteiger partial charge in [-0.15, -0.1) is 0 Å². The number of rotatable bonds is 7. The quantitative estimate of drug-likeness (QED) is 0.154. The number of aromatic nitrogens is 4. The summed E-state index contributed by atoms with van der Waals surface area (Å²) in [5, 5.41) is 2.13. The van der Waals surface area contributed by atoms with Crippen LogP contribution in [0, 0.1) is 0 Å². The molecule has 0 aliphatic carbocycles. The molecule has 0 aliphatic heterocycles. The van der Waals surface area contributed by atoms with Crippen molar-refractivity contribution in [2.45, 2.75) is 0 Å². The summed E-state index contributed by atoms with van der Waals surface area (Å²) in [6, 6.07) is 71.5. The van der Waals surface area contributed by atoms with Gasteiger partial charge in [0, 0.05) is 38.6 Å². The molecule has 0 saturated heterocycles. The maximum atomic E-state index is 5.34. The normalized spacial score (nSPS) is 11.2. The molecule has 0 fully saturated rings. The molecule has 0 atom stereocenters. The van der Waals surface area contributed by atoms with Crippen LogP contribution in [-0.4, -0.2) is 19.9 Å². The van der Waals surface area contributed by atoms with Crippen LogP contribution in [0.15, 0.2) is 206 Å². The second kappa shape index (κ2) is 14.3. The van der Waals surface area contributed by atoms with Gasteiger partial charge in [-0.05, 0) is 52.6 Å². The molecule has 4 heteroatoms. The van der Waals surface area contributed by atoms with Crippen molar-refractivity contribution in [1.29, 1.82) is 0 Å². The summed E-state index contributed by atoms with van der Waals surface area (Å²) in [4.78, 5) is 20.8. The highest BCUT2D eigenvalue weighted by atomic mass is 14.9. The maximum absolute atomic E-state index is 5.34. The third-order valence-electron chi connectivity index (χ3n) is 10.3. The molecule has 56 heavy (non-hydrogen) atoms. The summed E-state index contributed by atoms with van der Waals surface area (Å²) >= 11 is 0. The fraction of sp³-hybridized carbons (Fsp3) is 0. The summed E-state index contributed by atoms with van der Waals surface area (Å²) in [5.41, 5.74) is 15.0. The highest BCUT2D eigenvalue weighted by Gasteiger charge is 2.15. The van der Waals surface area contributed by atoms with E-state index in [2.05, 4.69) is 164 Å². The van der Waals surface area contributed by atoms with Gasteiger partial charge in [-0.1, -0.05) is 176 Å². The van der Waals surface area contributed by atoms with E-state index in [1.54, 1.807) is 0 Å². The number of hydrogen-bond acceptors (Lipinski definition) is 4. The lowest BCUT2D eigenvalue weighted by Crippen LogP contribution is -1.96. The molecule has 0 amide bonds. The summed E-state index contributed by atoms with van der Waals surface area (Å²) in [6.07, 6.45) is 0. The Kier molecular flexibility index (Phi) is 8.47. The van der Waals surface area contributed by atoms with Crippen molar-refractivity contribution >= 4 is 21.8 Å². The molecule has 0 spiro atoms. The highest BCUT2D eigenvalue weighted by molar-refractivity contribution is 6.09. The van der Waals surface area contributed by atoms with Crippen molar-refractivity contribution in [2.24, 2.45) is 0 Å². The lowest BCUT2D eigenvalue weighted by atomic mass is 9.96. The Morgan fingerprint density at radius 1 is 0.250 bits per heavy atom. The zero-order chi connectivity index (χ0) is 37.3. The number of hydrogen-bond donors (Lipinski definition) is 0. The Bertz CT molecular complexity index is 2940. The number of nitrogens with zero attached hydrogens (tertiary/aromatic N) is 4. The van der Waals surface area contributed by atoms with E-state index in [1.165, 1.54) is 0 Å². The summed E-state index contributed by atoms with van der Waals surface area (Å²) < 4.78 is 0. The molecule has 0 saturated carbocycles. The molecule has 262 valence electrons. The monoisotopic (exact) mass is 714 g/mol. The average Bonchev–Trinajstić information content (AvgIpc) is 3.29. The Labute approximate surface area is 325 Å². The zero-order valence-corrected chi connectivity index (χ0v) is 30.4. The average molecular weight is 715 g/mol. The number of fused-ring (bicyclic) bond motifs is 3. The van der Waals surface area contributed by atoms with E-state index in [0.717, 1.165) is 94.7 Å². The van der Waals surface area contributed by atoms with Crippen molar-refractivity contribution in [3.63, 3.8) is 0 Å². The first kappa shape index (κ1) is 33.0. The van der Waals surface area contributed by atoms with Gasteiger partial charge < -0.3 is 0 Å². The van der Waals surface area contributed by atoms with Gasteiger partial charge >= 0.3 is 0 Å². The van der Waals surface area contributed by atoms with E-state index in [-0.39, 0.29) is 0 Å². The van der Waals surface area contributed by atoms with Crippen LogP contribution in [0.25, 0.3) is 100 Å². The van der Waals surface area contributed by atoms with E-state index in [0.29, 0.717) is 5.82 Å². The number of benzene rings is 7. The Morgan fingerprint density at radius 2 is 0.696 bits per heavy atom. The van der Waals surface area contributed by atoms with E-state index in [1.807, 2.05) is 42.5 Å². The second-order valence-electron chi connectivity index (χ2n) is 13.9. The second-order valence-corrected chi connectivity index (χ2v) is 13.9. The molecule has 0 unspecified atom stereocenters. The molecule has 7 aromatic carbocycles. The fourth-order valence-electron chi connectivity index (χ4n) is 7.43. The lowest BCUT2D eigenvalue weighted by molar-refractivity contribution is 1.18. The van der Waals surface area contributed by atoms with Gasteiger partial charge in [-0.3, -0.25) is 0 Å². The first-order valence-corrected chi connectivity index (χ1v) is 18.8. The van der Waals surface area contributed by atoms with Crippen LogP contribution < -0.4 is 0 Å². The highest BCUT2D eigenvalue weighted by Crippen LogP contribution is 2.37. The molecule has 0 aliphatic rings. The molecular formula is C52H34N4. The van der Waals surface area contributed by atoms with Crippen LogP contribution in [0.2, 0.25) is 0 Å². The van der Waals surface area contributed by atoms with Crippen molar-refractivity contribution in [3.8, 4) is 78.7 Å². The predicted octanol–water partition coefficient (Wildman–Crippen LogP) is 13.2. The Morgan fingerprint density at radius 3 is 1.29 bits per heavy atom. The molecule has 3 heterocycles. The third-order valence-corrected chi connectivity index (χ3v) is 10.3. The topological polar surface area (TPSA) is 51.6 Å². The van der Waals surface area contributed by atoms with Gasteiger partial charge in [-0.2, -0.15) is 0 Å². The molecule has 0 radical (unpaired) electrons. The lowest BCUT2D eigenvalue weighted by Gasteiger charge is -2.13. The van der Waals surface area contributed by atoms with Crippen LogP contribution in [0.3, 0.4) is 0 Å². The molecule has 3 aromatic heterocycles. The van der Waals surface area contributed by atoms with Crippen molar-refractivity contribution in [2.75, 3.05) is 0 Å². The van der Waals surface area contributed by atoms with Crippen molar-refractivity contribution in [3.05, 3.63) is 206 Å². The van der Waals surface area contributed by atoms with Gasteiger partial charge in [0.05, 0.1) is 33.8 Å². The SMILES string of the molecule is c1ccc(-c2cc(-c3ccccc3)nc(-c3cccc(-c4cccc(-c5ccc6ccc7c(-c8ccccc8)cc(-c8ccccc8)nc7c6n5)c4)c3)n2)cc1. The van der Waals surface area contributed by atoms with Crippen LogP contribution in [0.5, 0.6) is 0 Å². The summed E-state index contributed by atoms with van der Waals surface area (Å²) in [7, 11) is 0. The summed E-state index contributed by atoms with van der Waals surface area (Å²) in [5.74, 6) is 0.684. The zero-order valence-electron chi connectivity index (χ0n) is 30.4. The predicted molar refractivity (Wildman–Crippen MR) is 231 cm³/mol. The number of pyridine rings is 2. The Hall–Kier alpha value is -7.56. The van der Waals surface area contributed by atoms with Crippen LogP contribution in [-0.2, 0) is 0 Å². The van der Waals surface area contributed by atoms with E-state index < -0.39 is 0 Å². The molecule has 10 rings (SSSR count). The van der Waals surface area contributed by atoms with Gasteiger partial charge in [0.2, 0.25) is 0 Å². The van der Waals surface area contributed by atoms with Crippen LogP contribution in [0.4, 0.5) is 0 Å². The largest absolute Gasteiger partial charge is 0.245 e. The van der Waals surface area contributed by atoms with Crippen LogP contribution >= 0.6 is 0 Å². The molecular weight excluding hydrogens is 681 g/mol. The van der Waals surface area contributed by atoms with Gasteiger partial charge in [0.15, 0.2) is 5.82 Å². The molecule has 4 nitrogen and oxygen atoms in total. The van der Waals surface area contributed by atoms with Gasteiger partial charge in [0.25, 0.3) is 0 Å². The van der Waals surface area contributed by atoms with Crippen molar-refractivity contribution in [1.82, 2.24) is 19.9 Å². The van der Waals surface area contributed by atoms with E-state index in [9.17, 15) is 0 Å². The minimum atomic E-state index is 0.684. The van der Waals surface area contributed by atoms with Crippen molar-refractivity contribution < 1.29 is 0 Å². The first-order valence-electron chi connectivity index (χ1n) is 18.8. The van der Waals surface area contributed by atoms with E-state index in [4.69, 9.17) is 19.9 Å². The molecule has 10 aromatic rings. The smallest absolute Gasteiger partial charge is 0.160 e. The fourth-order valence-corrected chi connectivity index (χ4v) is 7.43. The third kappa shape index (κ3) is 6.40. The minimum Gasteiger partial charge on any atom is -0.245 e. The van der Waals surface area contributed by atoms with Crippen LogP contribution in [0.1, 0.15) is 0 Å². The maximum Gasteiger partial charge on any atom is 0.160 e.